The van der Waals surface area contributed by atoms with Crippen molar-refractivity contribution in [1.82, 2.24) is 9.62 Å². The Morgan fingerprint density at radius 2 is 1.79 bits per heavy atom. The van der Waals surface area contributed by atoms with E-state index < -0.39 is 20.0 Å². The Morgan fingerprint density at radius 1 is 1.11 bits per heavy atom. The maximum absolute atomic E-state index is 12.5. The molecule has 1 aliphatic rings. The molecular formula is C18H25N3O4S3. The summed E-state index contributed by atoms with van der Waals surface area (Å²) in [6.07, 6.45) is 2.02. The summed E-state index contributed by atoms with van der Waals surface area (Å²) in [5, 5.41) is 2.11. The molecule has 0 saturated carbocycles. The number of rotatable bonds is 7. The van der Waals surface area contributed by atoms with Gasteiger partial charge in [-0.3, -0.25) is 9.62 Å². The van der Waals surface area contributed by atoms with Crippen molar-refractivity contribution in [3.8, 4) is 0 Å². The molecule has 0 bridgehead atoms. The van der Waals surface area contributed by atoms with Crippen molar-refractivity contribution < 1.29 is 16.8 Å². The lowest BCUT2D eigenvalue weighted by atomic mass is 9.97. The molecule has 2 atom stereocenters. The number of sulfonamides is 2. The molecule has 1 aliphatic heterocycles. The molecule has 0 spiro atoms. The third-order valence-corrected chi connectivity index (χ3v) is 8.08. The van der Waals surface area contributed by atoms with Crippen molar-refractivity contribution >= 4 is 37.1 Å². The van der Waals surface area contributed by atoms with Gasteiger partial charge in [-0.05, 0) is 61.5 Å². The lowest BCUT2D eigenvalue weighted by Gasteiger charge is -2.38. The third-order valence-electron chi connectivity index (χ3n) is 4.87. The quantitative estimate of drug-likeness (QED) is 0.685. The number of fused-ring (bicyclic) bond motifs is 1. The van der Waals surface area contributed by atoms with Crippen LogP contribution in [0.2, 0.25) is 0 Å². The van der Waals surface area contributed by atoms with Gasteiger partial charge in [0.05, 0.1) is 11.2 Å². The molecule has 0 saturated heterocycles. The molecule has 28 heavy (non-hydrogen) atoms. The Kier molecular flexibility index (Phi) is 6.16. The van der Waals surface area contributed by atoms with Gasteiger partial charge in [0, 0.05) is 35.7 Å². The Hall–Kier alpha value is -1.46. The summed E-state index contributed by atoms with van der Waals surface area (Å²) in [6.45, 7) is 5.25. The van der Waals surface area contributed by atoms with Gasteiger partial charge >= 0.3 is 0 Å². The SMILES string of the molecule is C[C@@H]1Cc2ccsc2[C@H](C)N1CCNS(=O)(=O)c1ccc(NS(C)(=O)=O)cc1. The van der Waals surface area contributed by atoms with E-state index in [1.807, 2.05) is 0 Å². The molecule has 1 aromatic carbocycles. The predicted molar refractivity (Wildman–Crippen MR) is 113 cm³/mol. The predicted octanol–water partition coefficient (Wildman–Crippen LogP) is 2.41. The van der Waals surface area contributed by atoms with Crippen LogP contribution in [0.4, 0.5) is 5.69 Å². The van der Waals surface area contributed by atoms with E-state index in [0.717, 1.165) is 12.7 Å². The minimum atomic E-state index is -3.66. The zero-order chi connectivity index (χ0) is 20.5. The minimum Gasteiger partial charge on any atom is -0.291 e. The van der Waals surface area contributed by atoms with E-state index in [0.29, 0.717) is 24.8 Å². The maximum atomic E-state index is 12.5. The van der Waals surface area contributed by atoms with Crippen molar-refractivity contribution in [2.75, 3.05) is 24.1 Å². The molecule has 0 radical (unpaired) electrons. The van der Waals surface area contributed by atoms with Crippen LogP contribution in [0.1, 0.15) is 30.3 Å². The highest BCUT2D eigenvalue weighted by atomic mass is 32.2. The second-order valence-electron chi connectivity index (χ2n) is 7.07. The minimum absolute atomic E-state index is 0.104. The number of hydrogen-bond donors (Lipinski definition) is 2. The number of nitrogens with one attached hydrogen (secondary N) is 2. The topological polar surface area (TPSA) is 95.6 Å². The smallest absolute Gasteiger partial charge is 0.240 e. The monoisotopic (exact) mass is 443 g/mol. The average molecular weight is 444 g/mol. The van der Waals surface area contributed by atoms with Crippen LogP contribution < -0.4 is 9.44 Å². The molecule has 0 amide bonds. The molecule has 10 heteroatoms. The fraction of sp³-hybridized carbons (Fsp3) is 0.444. The Balaban J connectivity index is 1.61. The van der Waals surface area contributed by atoms with E-state index in [1.165, 1.54) is 34.7 Å². The summed E-state index contributed by atoms with van der Waals surface area (Å²) in [5.41, 5.74) is 1.72. The van der Waals surface area contributed by atoms with E-state index in [1.54, 1.807) is 11.3 Å². The summed E-state index contributed by atoms with van der Waals surface area (Å²) in [6, 6.07) is 8.44. The first kappa shape index (κ1) is 21.3. The van der Waals surface area contributed by atoms with Crippen molar-refractivity contribution in [2.24, 2.45) is 0 Å². The summed E-state index contributed by atoms with van der Waals surface area (Å²) < 4.78 is 52.5. The van der Waals surface area contributed by atoms with Crippen LogP contribution in [0.5, 0.6) is 0 Å². The Bertz CT molecular complexity index is 1030. The van der Waals surface area contributed by atoms with Crippen LogP contribution in [0.15, 0.2) is 40.6 Å². The summed E-state index contributed by atoms with van der Waals surface area (Å²) in [4.78, 5) is 3.78. The molecular weight excluding hydrogens is 418 g/mol. The molecule has 2 N–H and O–H groups in total. The molecule has 7 nitrogen and oxygen atoms in total. The molecule has 0 aliphatic carbocycles. The van der Waals surface area contributed by atoms with E-state index in [-0.39, 0.29) is 10.9 Å². The van der Waals surface area contributed by atoms with Gasteiger partial charge in [-0.1, -0.05) is 0 Å². The Morgan fingerprint density at radius 3 is 2.43 bits per heavy atom. The van der Waals surface area contributed by atoms with Gasteiger partial charge in [-0.2, -0.15) is 0 Å². The molecule has 0 unspecified atom stereocenters. The second kappa shape index (κ2) is 8.11. The van der Waals surface area contributed by atoms with E-state index in [9.17, 15) is 16.8 Å². The molecule has 0 fully saturated rings. The molecule has 3 rings (SSSR count). The highest BCUT2D eigenvalue weighted by Crippen LogP contribution is 2.35. The van der Waals surface area contributed by atoms with Crippen LogP contribution in [-0.2, 0) is 26.5 Å². The van der Waals surface area contributed by atoms with E-state index in [2.05, 4.69) is 39.6 Å². The van der Waals surface area contributed by atoms with Crippen LogP contribution in [-0.4, -0.2) is 47.1 Å². The zero-order valence-corrected chi connectivity index (χ0v) is 18.5. The highest BCUT2D eigenvalue weighted by molar-refractivity contribution is 7.92. The molecule has 1 aromatic heterocycles. The highest BCUT2D eigenvalue weighted by Gasteiger charge is 2.30. The third kappa shape index (κ3) is 4.93. The number of anilines is 1. The van der Waals surface area contributed by atoms with E-state index >= 15 is 0 Å². The maximum Gasteiger partial charge on any atom is 0.240 e. The molecule has 2 heterocycles. The number of nitrogens with zero attached hydrogens (tertiary/aromatic N) is 1. The number of thiophene rings is 1. The zero-order valence-electron chi connectivity index (χ0n) is 16.0. The second-order valence-corrected chi connectivity index (χ2v) is 11.5. The lowest BCUT2D eigenvalue weighted by molar-refractivity contribution is 0.145. The van der Waals surface area contributed by atoms with Crippen LogP contribution in [0.3, 0.4) is 0 Å². The number of hydrogen-bond acceptors (Lipinski definition) is 6. The largest absolute Gasteiger partial charge is 0.291 e. The standard InChI is InChI=1S/C18H25N3O4S3/c1-13-12-15-8-11-26-18(15)14(2)21(13)10-9-19-28(24,25)17-6-4-16(5-7-17)20-27(3,22)23/h4-8,11,13-14,19-20H,9-10,12H2,1-3H3/t13-,14+/m1/s1. The number of benzene rings is 1. The normalized spacial score (nSPS) is 20.7. The lowest BCUT2D eigenvalue weighted by Crippen LogP contribution is -2.44. The van der Waals surface area contributed by atoms with Gasteiger partial charge in [0.15, 0.2) is 0 Å². The van der Waals surface area contributed by atoms with Crippen molar-refractivity contribution in [2.45, 2.75) is 37.2 Å². The van der Waals surface area contributed by atoms with Crippen LogP contribution in [0.25, 0.3) is 0 Å². The van der Waals surface area contributed by atoms with Gasteiger partial charge in [0.25, 0.3) is 0 Å². The van der Waals surface area contributed by atoms with Gasteiger partial charge in [0.1, 0.15) is 0 Å². The van der Waals surface area contributed by atoms with Crippen LogP contribution >= 0.6 is 11.3 Å². The molecule has 2 aromatic rings. The van der Waals surface area contributed by atoms with E-state index in [4.69, 9.17) is 0 Å². The first-order valence-corrected chi connectivity index (χ1v) is 13.2. The van der Waals surface area contributed by atoms with Gasteiger partial charge in [0.2, 0.25) is 20.0 Å². The fourth-order valence-corrected chi connectivity index (χ4v) is 6.17. The first-order valence-electron chi connectivity index (χ1n) is 8.96. The summed E-state index contributed by atoms with van der Waals surface area (Å²) >= 11 is 1.75. The van der Waals surface area contributed by atoms with Gasteiger partial charge < -0.3 is 0 Å². The van der Waals surface area contributed by atoms with Crippen molar-refractivity contribution in [3.63, 3.8) is 0 Å². The van der Waals surface area contributed by atoms with Crippen molar-refractivity contribution in [3.05, 3.63) is 46.2 Å². The fourth-order valence-electron chi connectivity index (χ4n) is 3.57. The summed E-state index contributed by atoms with van der Waals surface area (Å²) in [5.74, 6) is 0. The van der Waals surface area contributed by atoms with Crippen LogP contribution in [0, 0.1) is 0 Å². The molecule has 154 valence electrons. The Labute approximate surface area is 170 Å². The van der Waals surface area contributed by atoms with Gasteiger partial charge in [-0.25, -0.2) is 21.6 Å². The first-order chi connectivity index (χ1) is 13.1. The van der Waals surface area contributed by atoms with Gasteiger partial charge in [-0.15, -0.1) is 11.3 Å². The van der Waals surface area contributed by atoms with Crippen molar-refractivity contribution in [1.29, 1.82) is 0 Å². The summed E-state index contributed by atoms with van der Waals surface area (Å²) in [7, 11) is -7.06. The average Bonchev–Trinajstić information content (AvgIpc) is 3.05.